The van der Waals surface area contributed by atoms with E-state index in [1.165, 1.54) is 22.0 Å². The van der Waals surface area contributed by atoms with Crippen molar-refractivity contribution in [3.63, 3.8) is 0 Å². The molecule has 0 spiro atoms. The third-order valence-electron chi connectivity index (χ3n) is 11.8. The topological polar surface area (TPSA) is 168 Å². The van der Waals surface area contributed by atoms with Gasteiger partial charge >= 0.3 is 13.9 Å². The van der Waals surface area contributed by atoms with Crippen LogP contribution in [0.5, 0.6) is 5.75 Å². The zero-order valence-electron chi connectivity index (χ0n) is 34.5. The largest absolute Gasteiger partial charge is 0.524 e. The summed E-state index contributed by atoms with van der Waals surface area (Å²) in [6.45, 7) is 5.89. The third kappa shape index (κ3) is 9.02. The molecule has 3 aliphatic rings. The van der Waals surface area contributed by atoms with Gasteiger partial charge in [-0.15, -0.1) is 6.58 Å². The smallest absolute Gasteiger partial charge is 0.404 e. The van der Waals surface area contributed by atoms with Gasteiger partial charge in [-0.3, -0.25) is 24.2 Å². The second-order valence-corrected chi connectivity index (χ2v) is 17.1. The summed E-state index contributed by atoms with van der Waals surface area (Å²) in [5.41, 5.74) is 5.85. The van der Waals surface area contributed by atoms with E-state index in [4.69, 9.17) is 4.52 Å². The molecular weight excluding hydrogens is 810 g/mol. The molecule has 5 aromatic rings. The van der Waals surface area contributed by atoms with Gasteiger partial charge in [0, 0.05) is 68.9 Å². The van der Waals surface area contributed by atoms with Crippen molar-refractivity contribution in [2.75, 3.05) is 32.7 Å². The Morgan fingerprint density at radius 1 is 0.903 bits per heavy atom. The fourth-order valence-electron chi connectivity index (χ4n) is 8.93. The highest BCUT2D eigenvalue weighted by atomic mass is 31.2. The first-order valence-corrected chi connectivity index (χ1v) is 22.3. The van der Waals surface area contributed by atoms with Gasteiger partial charge in [0.05, 0.1) is 18.6 Å². The van der Waals surface area contributed by atoms with Crippen LogP contribution in [0.3, 0.4) is 0 Å². The Bertz CT molecular complexity index is 2520. The number of carbonyl (C=O) groups excluding carboxylic acids is 4. The van der Waals surface area contributed by atoms with E-state index in [1.54, 1.807) is 28.1 Å². The number of benzene rings is 4. The Hall–Kier alpha value is -6.25. The number of fused-ring (bicyclic) bond motifs is 2. The standard InChI is InChI=1S/C46H50N7O8P/c1-3-23-51-31-42(54)52-40(26-32-15-21-37(22-16-32)61-62(58,59)60)45(56)50(30-41(52)53(51)46(57)47-27-33-11-6-4-7-12-33)28-36-13-10-14-38-39(29-48(2)43(36)38)34-17-19-35(20-18-34)44(55)49-24-8-5-9-25-49/h3-4,6-7,10-22,29,40-41H,1,5,8-9,23-28,30-31H2,2H3,(H,47,57)(H2,58,59,60)/t40-,41-/m0/s1. The molecule has 4 aromatic carbocycles. The minimum atomic E-state index is -4.80. The first kappa shape index (κ1) is 42.4. The number of amides is 5. The van der Waals surface area contributed by atoms with Crippen LogP contribution in [0, 0.1) is 0 Å². The van der Waals surface area contributed by atoms with E-state index in [0.717, 1.165) is 65.5 Å². The lowest BCUT2D eigenvalue weighted by Gasteiger charge is -2.55. The number of hydrogen-bond acceptors (Lipinski definition) is 7. The number of hydrogen-bond donors (Lipinski definition) is 3. The van der Waals surface area contributed by atoms with Crippen LogP contribution < -0.4 is 9.84 Å². The highest BCUT2D eigenvalue weighted by molar-refractivity contribution is 7.46. The summed E-state index contributed by atoms with van der Waals surface area (Å²) in [5, 5.41) is 7.15. The zero-order chi connectivity index (χ0) is 43.5. The van der Waals surface area contributed by atoms with Crippen LogP contribution in [-0.4, -0.2) is 108 Å². The van der Waals surface area contributed by atoms with Gasteiger partial charge in [-0.1, -0.05) is 78.9 Å². The zero-order valence-corrected chi connectivity index (χ0v) is 35.4. The maximum atomic E-state index is 14.9. The molecule has 62 heavy (non-hydrogen) atoms. The van der Waals surface area contributed by atoms with Gasteiger partial charge < -0.3 is 29.1 Å². The molecule has 8 rings (SSSR count). The van der Waals surface area contributed by atoms with Crippen LogP contribution >= 0.6 is 7.82 Å². The molecule has 0 radical (unpaired) electrons. The fourth-order valence-corrected chi connectivity index (χ4v) is 9.33. The SMILES string of the molecule is C=CCN1CC(=O)N2[C@@H](Cc3ccc(OP(=O)(O)O)cc3)C(=O)N(Cc3cccc4c(-c5ccc(C(=O)N6CCCCC6)cc5)cn(C)c34)C[C@@H]2N1C(=O)NCc1ccccc1. The molecule has 16 heteroatoms. The number of phosphoric acid groups is 1. The van der Waals surface area contributed by atoms with Gasteiger partial charge in [0.2, 0.25) is 11.8 Å². The Kier molecular flexibility index (Phi) is 12.3. The molecule has 3 aliphatic heterocycles. The van der Waals surface area contributed by atoms with E-state index < -0.39 is 26.1 Å². The number of rotatable bonds is 12. The molecule has 0 unspecified atom stereocenters. The van der Waals surface area contributed by atoms with Gasteiger partial charge in [0.1, 0.15) is 18.0 Å². The second kappa shape index (κ2) is 18.0. The van der Waals surface area contributed by atoms with Gasteiger partial charge in [-0.2, -0.15) is 0 Å². The van der Waals surface area contributed by atoms with Crippen molar-refractivity contribution >= 4 is 42.5 Å². The van der Waals surface area contributed by atoms with Crippen molar-refractivity contribution in [1.29, 1.82) is 0 Å². The van der Waals surface area contributed by atoms with E-state index in [1.807, 2.05) is 95.5 Å². The van der Waals surface area contributed by atoms with Crippen LogP contribution in [0.25, 0.3) is 22.0 Å². The van der Waals surface area contributed by atoms with E-state index >= 15 is 0 Å². The molecule has 1 aromatic heterocycles. The van der Waals surface area contributed by atoms with Crippen molar-refractivity contribution in [2.24, 2.45) is 7.05 Å². The average molecular weight is 860 g/mol. The molecule has 3 fully saturated rings. The van der Waals surface area contributed by atoms with Crippen LogP contribution in [0.2, 0.25) is 0 Å². The Labute approximate surface area is 360 Å². The number of nitrogens with one attached hydrogen (secondary N) is 1. The van der Waals surface area contributed by atoms with Crippen LogP contribution in [-0.2, 0) is 40.7 Å². The third-order valence-corrected chi connectivity index (χ3v) is 12.2. The maximum absolute atomic E-state index is 14.9. The minimum absolute atomic E-state index is 0.0166. The summed E-state index contributed by atoms with van der Waals surface area (Å²) < 4.78 is 18.3. The van der Waals surface area contributed by atoms with Gasteiger partial charge in [0.15, 0.2) is 0 Å². The number of carbonyl (C=O) groups is 4. The van der Waals surface area contributed by atoms with Gasteiger partial charge in [0.25, 0.3) is 5.91 Å². The number of aromatic nitrogens is 1. The molecule has 5 amide bonds. The quantitative estimate of drug-likeness (QED) is 0.106. The van der Waals surface area contributed by atoms with E-state index in [-0.39, 0.29) is 62.6 Å². The predicted molar refractivity (Wildman–Crippen MR) is 233 cm³/mol. The fraction of sp³-hybridized carbons (Fsp3) is 0.304. The number of hydrazine groups is 1. The first-order valence-electron chi connectivity index (χ1n) is 20.8. The number of urea groups is 1. The molecule has 3 saturated heterocycles. The number of piperidine rings is 1. The van der Waals surface area contributed by atoms with E-state index in [0.29, 0.717) is 11.1 Å². The Balaban J connectivity index is 1.12. The summed E-state index contributed by atoms with van der Waals surface area (Å²) in [4.78, 5) is 80.3. The second-order valence-electron chi connectivity index (χ2n) is 16.0. The van der Waals surface area contributed by atoms with E-state index in [9.17, 15) is 33.5 Å². The van der Waals surface area contributed by atoms with Crippen molar-refractivity contribution in [2.45, 2.75) is 51.0 Å². The average Bonchev–Trinajstić information content (AvgIpc) is 3.61. The molecule has 4 heterocycles. The molecule has 3 N–H and O–H groups in total. The molecule has 322 valence electrons. The number of para-hydroxylation sites is 1. The van der Waals surface area contributed by atoms with Gasteiger partial charge in [-0.05, 0) is 65.8 Å². The summed E-state index contributed by atoms with van der Waals surface area (Å²) in [5.74, 6) is -0.651. The number of likely N-dealkylation sites (tertiary alicyclic amines) is 1. The lowest BCUT2D eigenvalue weighted by Crippen LogP contribution is -2.76. The molecule has 0 saturated carbocycles. The number of piperazine rings is 1. The normalized spacial score (nSPS) is 18.5. The van der Waals surface area contributed by atoms with Crippen molar-refractivity contribution in [3.05, 3.63) is 138 Å². The van der Waals surface area contributed by atoms with Crippen LogP contribution in [0.4, 0.5) is 4.79 Å². The number of nitrogens with zero attached hydrogens (tertiary/aromatic N) is 6. The van der Waals surface area contributed by atoms with Crippen molar-refractivity contribution < 1.29 is 38.1 Å². The molecule has 0 bridgehead atoms. The maximum Gasteiger partial charge on any atom is 0.524 e. The highest BCUT2D eigenvalue weighted by Crippen LogP contribution is 2.38. The monoisotopic (exact) mass is 859 g/mol. The van der Waals surface area contributed by atoms with Gasteiger partial charge in [-0.25, -0.2) is 19.4 Å². The molecule has 2 atom stereocenters. The summed E-state index contributed by atoms with van der Waals surface area (Å²) in [6.07, 6.45) is 6.03. The summed E-state index contributed by atoms with van der Waals surface area (Å²) >= 11 is 0. The highest BCUT2D eigenvalue weighted by Gasteiger charge is 2.51. The Morgan fingerprint density at radius 2 is 1.63 bits per heavy atom. The lowest BCUT2D eigenvalue weighted by atomic mass is 9.97. The van der Waals surface area contributed by atoms with Crippen molar-refractivity contribution in [3.8, 4) is 16.9 Å². The molecule has 0 aliphatic carbocycles. The summed E-state index contributed by atoms with van der Waals surface area (Å²) in [6, 6.07) is 27.7. The molecular formula is C46H50N7O8P. The first-order chi connectivity index (χ1) is 29.9. The number of phosphoric ester groups is 1. The van der Waals surface area contributed by atoms with Crippen LogP contribution in [0.1, 0.15) is 46.3 Å². The Morgan fingerprint density at radius 3 is 2.32 bits per heavy atom. The van der Waals surface area contributed by atoms with Crippen molar-refractivity contribution in [1.82, 2.24) is 34.6 Å². The lowest BCUT2D eigenvalue weighted by molar-refractivity contribution is -0.189. The molecule has 15 nitrogen and oxygen atoms in total. The van der Waals surface area contributed by atoms with Crippen LogP contribution in [0.15, 0.2) is 116 Å². The summed E-state index contributed by atoms with van der Waals surface area (Å²) in [7, 11) is -2.85. The number of aryl methyl sites for hydroxylation is 1. The minimum Gasteiger partial charge on any atom is -0.404 e. The predicted octanol–water partition coefficient (Wildman–Crippen LogP) is 5.68. The van der Waals surface area contributed by atoms with E-state index in [2.05, 4.69) is 11.9 Å².